The Morgan fingerprint density at radius 3 is 2.24 bits per heavy atom. The van der Waals surface area contributed by atoms with E-state index in [-0.39, 0.29) is 0 Å². The molecule has 3 unspecified atom stereocenters. The zero-order chi connectivity index (χ0) is 12.6. The molecule has 2 rings (SSSR count). The van der Waals surface area contributed by atoms with Gasteiger partial charge in [0.1, 0.15) is 0 Å². The lowest BCUT2D eigenvalue weighted by atomic mass is 9.63. The first-order valence-corrected chi connectivity index (χ1v) is 6.83. The van der Waals surface area contributed by atoms with Crippen molar-refractivity contribution in [1.29, 1.82) is 0 Å². The molecule has 3 atom stereocenters. The van der Waals surface area contributed by atoms with E-state index in [0.29, 0.717) is 0 Å². The summed E-state index contributed by atoms with van der Waals surface area (Å²) < 4.78 is 0. The topological polar surface area (TPSA) is 12.0 Å². The van der Waals surface area contributed by atoms with Crippen molar-refractivity contribution in [3.8, 4) is 0 Å². The Balaban J connectivity index is 2.30. The van der Waals surface area contributed by atoms with Crippen molar-refractivity contribution in [2.24, 2.45) is 5.92 Å². The summed E-state index contributed by atoms with van der Waals surface area (Å²) in [5.74, 6) is 1.60. The molecule has 1 aromatic rings. The number of benzene rings is 1. The Morgan fingerprint density at radius 1 is 1.18 bits per heavy atom. The first-order chi connectivity index (χ1) is 8.08. The maximum Gasteiger partial charge on any atom is 0.0104 e. The highest BCUT2D eigenvalue weighted by Gasteiger charge is 2.40. The monoisotopic (exact) mass is 231 g/mol. The summed E-state index contributed by atoms with van der Waals surface area (Å²) in [5, 5.41) is 3.45. The van der Waals surface area contributed by atoms with Crippen molar-refractivity contribution in [2.45, 2.75) is 52.5 Å². The first-order valence-electron chi connectivity index (χ1n) is 6.83. The van der Waals surface area contributed by atoms with Gasteiger partial charge >= 0.3 is 0 Å². The molecule has 1 nitrogen and oxygen atoms in total. The summed E-state index contributed by atoms with van der Waals surface area (Å²) in [4.78, 5) is 0. The van der Waals surface area contributed by atoms with Crippen molar-refractivity contribution in [1.82, 2.24) is 5.32 Å². The van der Waals surface area contributed by atoms with E-state index in [1.54, 1.807) is 5.56 Å². The molecular formula is C16H25N. The average Bonchev–Trinajstić information content (AvgIpc) is 2.21. The zero-order valence-corrected chi connectivity index (χ0v) is 11.8. The van der Waals surface area contributed by atoms with Crippen LogP contribution in [0.1, 0.15) is 47.9 Å². The molecule has 1 saturated carbocycles. The van der Waals surface area contributed by atoms with E-state index in [1.807, 2.05) is 0 Å². The molecule has 0 heterocycles. The Kier molecular flexibility index (Phi) is 3.58. The molecule has 0 saturated heterocycles. The lowest BCUT2D eigenvalue weighted by Gasteiger charge is -2.46. The molecule has 1 fully saturated rings. The minimum Gasteiger partial charge on any atom is -0.317 e. The van der Waals surface area contributed by atoms with Crippen LogP contribution in [0.3, 0.4) is 0 Å². The standard InChI is InChI=1S/C16H25N/c1-6-13-14(9-15(13)17-5)16-11(3)7-10(2)8-12(16)4/h7-8,13-15,17H,6,9H2,1-5H3. The van der Waals surface area contributed by atoms with Crippen LogP contribution in [0.15, 0.2) is 12.1 Å². The molecule has 1 aromatic carbocycles. The third kappa shape index (κ3) is 2.13. The van der Waals surface area contributed by atoms with Gasteiger partial charge in [-0.3, -0.25) is 0 Å². The summed E-state index contributed by atoms with van der Waals surface area (Å²) in [6.07, 6.45) is 2.59. The van der Waals surface area contributed by atoms with Crippen LogP contribution in [0.2, 0.25) is 0 Å². The van der Waals surface area contributed by atoms with Crippen molar-refractivity contribution >= 4 is 0 Å². The predicted octanol–water partition coefficient (Wildman–Crippen LogP) is 3.71. The molecule has 0 amide bonds. The molecule has 1 aliphatic carbocycles. The molecule has 0 bridgehead atoms. The average molecular weight is 231 g/mol. The molecule has 1 aliphatic rings. The lowest BCUT2D eigenvalue weighted by molar-refractivity contribution is 0.168. The first kappa shape index (κ1) is 12.6. The highest BCUT2D eigenvalue weighted by atomic mass is 14.9. The van der Waals surface area contributed by atoms with Crippen LogP contribution in [-0.2, 0) is 0 Å². The van der Waals surface area contributed by atoms with Gasteiger partial charge in [-0.15, -0.1) is 0 Å². The Hall–Kier alpha value is -0.820. The minimum atomic E-state index is 0.727. The van der Waals surface area contributed by atoms with Gasteiger partial charge < -0.3 is 5.32 Å². The van der Waals surface area contributed by atoms with Gasteiger partial charge in [0.2, 0.25) is 0 Å². The smallest absolute Gasteiger partial charge is 0.0104 e. The molecule has 1 heteroatoms. The zero-order valence-electron chi connectivity index (χ0n) is 11.8. The van der Waals surface area contributed by atoms with E-state index in [0.717, 1.165) is 17.9 Å². The van der Waals surface area contributed by atoms with Gasteiger partial charge in [0.05, 0.1) is 0 Å². The van der Waals surface area contributed by atoms with Gasteiger partial charge in [-0.2, -0.15) is 0 Å². The third-order valence-electron chi connectivity index (χ3n) is 4.49. The highest BCUT2D eigenvalue weighted by Crippen LogP contribution is 2.46. The lowest BCUT2D eigenvalue weighted by Crippen LogP contribution is -2.47. The number of aryl methyl sites for hydroxylation is 3. The van der Waals surface area contributed by atoms with Crippen LogP contribution in [0, 0.1) is 26.7 Å². The fourth-order valence-corrected chi connectivity index (χ4v) is 3.72. The summed E-state index contributed by atoms with van der Waals surface area (Å²) in [7, 11) is 2.10. The number of hydrogen-bond donors (Lipinski definition) is 1. The van der Waals surface area contributed by atoms with E-state index in [9.17, 15) is 0 Å². The maximum absolute atomic E-state index is 3.45. The van der Waals surface area contributed by atoms with Crippen molar-refractivity contribution in [2.75, 3.05) is 7.05 Å². The summed E-state index contributed by atoms with van der Waals surface area (Å²) in [5.41, 5.74) is 5.98. The van der Waals surface area contributed by atoms with E-state index in [2.05, 4.69) is 52.2 Å². The molecule has 94 valence electrons. The van der Waals surface area contributed by atoms with Crippen LogP contribution in [0.25, 0.3) is 0 Å². The quantitative estimate of drug-likeness (QED) is 0.836. The van der Waals surface area contributed by atoms with Crippen LogP contribution in [-0.4, -0.2) is 13.1 Å². The van der Waals surface area contributed by atoms with Crippen LogP contribution in [0.4, 0.5) is 0 Å². The van der Waals surface area contributed by atoms with Gasteiger partial charge in [-0.05, 0) is 62.8 Å². The van der Waals surface area contributed by atoms with Crippen LogP contribution >= 0.6 is 0 Å². The SMILES string of the molecule is CCC1C(NC)CC1c1c(C)cc(C)cc1C. The molecular weight excluding hydrogens is 206 g/mol. The van der Waals surface area contributed by atoms with Crippen molar-refractivity contribution in [3.05, 3.63) is 34.4 Å². The van der Waals surface area contributed by atoms with E-state index in [4.69, 9.17) is 0 Å². The second-order valence-electron chi connectivity index (χ2n) is 5.62. The summed E-state index contributed by atoms with van der Waals surface area (Å²) in [6.45, 7) is 9.06. The second-order valence-corrected chi connectivity index (χ2v) is 5.62. The van der Waals surface area contributed by atoms with Crippen molar-refractivity contribution < 1.29 is 0 Å². The fraction of sp³-hybridized carbons (Fsp3) is 0.625. The van der Waals surface area contributed by atoms with Crippen LogP contribution < -0.4 is 5.32 Å². The maximum atomic E-state index is 3.45. The van der Waals surface area contributed by atoms with Gasteiger partial charge in [0, 0.05) is 6.04 Å². The Morgan fingerprint density at radius 2 is 1.76 bits per heavy atom. The largest absolute Gasteiger partial charge is 0.317 e. The number of rotatable bonds is 3. The van der Waals surface area contributed by atoms with Crippen molar-refractivity contribution in [3.63, 3.8) is 0 Å². The third-order valence-corrected chi connectivity index (χ3v) is 4.49. The molecule has 0 aliphatic heterocycles. The van der Waals surface area contributed by atoms with Gasteiger partial charge in [-0.25, -0.2) is 0 Å². The Bertz CT molecular complexity index is 385. The highest BCUT2D eigenvalue weighted by molar-refractivity contribution is 5.41. The predicted molar refractivity (Wildman–Crippen MR) is 74.6 cm³/mol. The van der Waals surface area contributed by atoms with E-state index < -0.39 is 0 Å². The summed E-state index contributed by atoms with van der Waals surface area (Å²) >= 11 is 0. The fourth-order valence-electron chi connectivity index (χ4n) is 3.72. The molecule has 17 heavy (non-hydrogen) atoms. The second kappa shape index (κ2) is 4.81. The molecule has 1 N–H and O–H groups in total. The van der Waals surface area contributed by atoms with E-state index in [1.165, 1.54) is 29.5 Å². The summed E-state index contributed by atoms with van der Waals surface area (Å²) in [6, 6.07) is 5.40. The number of nitrogens with one attached hydrogen (secondary N) is 1. The van der Waals surface area contributed by atoms with Gasteiger partial charge in [0.25, 0.3) is 0 Å². The van der Waals surface area contributed by atoms with Gasteiger partial charge in [0.15, 0.2) is 0 Å². The number of hydrogen-bond acceptors (Lipinski definition) is 1. The molecule has 0 spiro atoms. The molecule has 0 aromatic heterocycles. The Labute approximate surface area is 106 Å². The van der Waals surface area contributed by atoms with Gasteiger partial charge in [-0.1, -0.05) is 31.0 Å². The molecule has 0 radical (unpaired) electrons. The van der Waals surface area contributed by atoms with E-state index >= 15 is 0 Å². The minimum absolute atomic E-state index is 0.727. The normalized spacial score (nSPS) is 27.9. The van der Waals surface area contributed by atoms with Crippen LogP contribution in [0.5, 0.6) is 0 Å².